The fourth-order valence-electron chi connectivity index (χ4n) is 2.72. The highest BCUT2D eigenvalue weighted by atomic mass is 127. The van der Waals surface area contributed by atoms with Gasteiger partial charge in [-0.05, 0) is 84.9 Å². The van der Waals surface area contributed by atoms with Gasteiger partial charge < -0.3 is 15.2 Å². The number of nitrogens with zero attached hydrogens (tertiary/aromatic N) is 1. The van der Waals surface area contributed by atoms with Crippen molar-refractivity contribution in [1.29, 1.82) is 0 Å². The molecule has 1 aromatic heterocycles. The first-order valence-corrected chi connectivity index (χ1v) is 8.26. The lowest BCUT2D eigenvalue weighted by atomic mass is 10.1. The van der Waals surface area contributed by atoms with E-state index in [0.717, 1.165) is 40.9 Å². The molecule has 2 heterocycles. The number of halogens is 1. The van der Waals surface area contributed by atoms with Crippen LogP contribution in [0.1, 0.15) is 29.4 Å². The molecule has 1 fully saturated rings. The molecule has 2 aromatic rings. The van der Waals surface area contributed by atoms with Crippen molar-refractivity contribution in [3.8, 4) is 0 Å². The first kappa shape index (κ1) is 14.6. The fourth-order valence-corrected chi connectivity index (χ4v) is 3.08. The average Bonchev–Trinajstić information content (AvgIpc) is 3.00. The summed E-state index contributed by atoms with van der Waals surface area (Å²) in [5, 5.41) is 6.33. The number of amides is 1. The molecule has 0 unspecified atom stereocenters. The van der Waals surface area contributed by atoms with Crippen LogP contribution in [0.25, 0.3) is 0 Å². The minimum atomic E-state index is -0.0419. The van der Waals surface area contributed by atoms with Gasteiger partial charge in [-0.2, -0.15) is 0 Å². The molecule has 1 aliphatic rings. The van der Waals surface area contributed by atoms with E-state index in [4.69, 9.17) is 0 Å². The molecule has 1 amide bonds. The molecule has 0 saturated carbocycles. The molecular formula is C16H18IN3O. The van der Waals surface area contributed by atoms with Crippen LogP contribution in [0.2, 0.25) is 0 Å². The SMILES string of the molecule is O=C(Nc1ccc(I)cc1)c1cccn1C1CCNCC1. The summed E-state index contributed by atoms with van der Waals surface area (Å²) in [4.78, 5) is 12.5. The number of carbonyl (C=O) groups is 1. The van der Waals surface area contributed by atoms with Crippen molar-refractivity contribution in [2.24, 2.45) is 0 Å². The van der Waals surface area contributed by atoms with Crippen LogP contribution in [0.4, 0.5) is 5.69 Å². The maximum atomic E-state index is 12.5. The minimum Gasteiger partial charge on any atom is -0.340 e. The van der Waals surface area contributed by atoms with E-state index in [1.165, 1.54) is 0 Å². The van der Waals surface area contributed by atoms with Gasteiger partial charge in [0.05, 0.1) is 0 Å². The number of rotatable bonds is 3. The Kier molecular flexibility index (Phi) is 4.60. The van der Waals surface area contributed by atoms with Crippen molar-refractivity contribution in [2.75, 3.05) is 18.4 Å². The lowest BCUT2D eigenvalue weighted by Crippen LogP contribution is -2.31. The molecule has 0 radical (unpaired) electrons. The van der Waals surface area contributed by atoms with E-state index in [9.17, 15) is 4.79 Å². The van der Waals surface area contributed by atoms with Gasteiger partial charge in [-0.15, -0.1) is 0 Å². The van der Waals surface area contributed by atoms with Gasteiger partial charge in [-0.1, -0.05) is 0 Å². The number of hydrogen-bond acceptors (Lipinski definition) is 2. The monoisotopic (exact) mass is 395 g/mol. The molecule has 1 aliphatic heterocycles. The van der Waals surface area contributed by atoms with Crippen LogP contribution in [0, 0.1) is 3.57 Å². The Morgan fingerprint density at radius 3 is 2.62 bits per heavy atom. The Labute approximate surface area is 138 Å². The smallest absolute Gasteiger partial charge is 0.272 e. The highest BCUT2D eigenvalue weighted by Crippen LogP contribution is 2.22. The van der Waals surface area contributed by atoms with E-state index < -0.39 is 0 Å². The summed E-state index contributed by atoms with van der Waals surface area (Å²) >= 11 is 2.25. The topological polar surface area (TPSA) is 46.1 Å². The van der Waals surface area contributed by atoms with Gasteiger partial charge in [0.15, 0.2) is 0 Å². The van der Waals surface area contributed by atoms with Gasteiger partial charge in [0.1, 0.15) is 5.69 Å². The van der Waals surface area contributed by atoms with Gasteiger partial charge >= 0.3 is 0 Å². The largest absolute Gasteiger partial charge is 0.340 e. The maximum absolute atomic E-state index is 12.5. The molecule has 1 aromatic carbocycles. The molecule has 2 N–H and O–H groups in total. The van der Waals surface area contributed by atoms with Crippen LogP contribution in [0.15, 0.2) is 42.6 Å². The second-order valence-corrected chi connectivity index (χ2v) is 6.49. The first-order chi connectivity index (χ1) is 10.2. The third kappa shape index (κ3) is 3.47. The Morgan fingerprint density at radius 2 is 1.90 bits per heavy atom. The Hall–Kier alpha value is -1.34. The van der Waals surface area contributed by atoms with E-state index in [0.29, 0.717) is 6.04 Å². The zero-order valence-corrected chi connectivity index (χ0v) is 13.8. The molecule has 0 bridgehead atoms. The van der Waals surface area contributed by atoms with Crippen molar-refractivity contribution < 1.29 is 4.79 Å². The van der Waals surface area contributed by atoms with E-state index >= 15 is 0 Å². The van der Waals surface area contributed by atoms with Gasteiger partial charge in [0.25, 0.3) is 5.91 Å². The minimum absolute atomic E-state index is 0.0419. The Bertz CT molecular complexity index is 615. The number of piperidine rings is 1. The summed E-state index contributed by atoms with van der Waals surface area (Å²) in [7, 11) is 0. The lowest BCUT2D eigenvalue weighted by molar-refractivity contribution is 0.101. The number of hydrogen-bond donors (Lipinski definition) is 2. The quantitative estimate of drug-likeness (QED) is 0.784. The van der Waals surface area contributed by atoms with Crippen LogP contribution >= 0.6 is 22.6 Å². The number of aromatic nitrogens is 1. The van der Waals surface area contributed by atoms with Crippen molar-refractivity contribution >= 4 is 34.2 Å². The van der Waals surface area contributed by atoms with E-state index in [-0.39, 0.29) is 5.91 Å². The van der Waals surface area contributed by atoms with Gasteiger partial charge in [0.2, 0.25) is 0 Å². The zero-order chi connectivity index (χ0) is 14.7. The number of anilines is 1. The predicted molar refractivity (Wildman–Crippen MR) is 92.7 cm³/mol. The van der Waals surface area contributed by atoms with Crippen LogP contribution in [0.5, 0.6) is 0 Å². The normalized spacial score (nSPS) is 15.9. The van der Waals surface area contributed by atoms with Crippen molar-refractivity contribution in [1.82, 2.24) is 9.88 Å². The molecule has 21 heavy (non-hydrogen) atoms. The maximum Gasteiger partial charge on any atom is 0.272 e. The standard InChI is InChI=1S/C16H18IN3O/c17-12-3-5-13(6-4-12)19-16(21)15-2-1-11-20(15)14-7-9-18-10-8-14/h1-6,11,14,18H,7-10H2,(H,19,21). The van der Waals surface area contributed by atoms with Gasteiger partial charge in [0, 0.05) is 21.5 Å². The van der Waals surface area contributed by atoms with E-state index in [2.05, 4.69) is 37.8 Å². The van der Waals surface area contributed by atoms with E-state index in [1.807, 2.05) is 42.6 Å². The van der Waals surface area contributed by atoms with Crippen molar-refractivity contribution in [3.63, 3.8) is 0 Å². The van der Waals surface area contributed by atoms with Crippen molar-refractivity contribution in [2.45, 2.75) is 18.9 Å². The van der Waals surface area contributed by atoms with Crippen LogP contribution in [0.3, 0.4) is 0 Å². The molecule has 0 spiro atoms. The van der Waals surface area contributed by atoms with Crippen molar-refractivity contribution in [3.05, 3.63) is 51.9 Å². The molecule has 1 saturated heterocycles. The summed E-state index contributed by atoms with van der Waals surface area (Å²) < 4.78 is 3.27. The van der Waals surface area contributed by atoms with Crippen LogP contribution < -0.4 is 10.6 Å². The van der Waals surface area contributed by atoms with Gasteiger partial charge in [-0.3, -0.25) is 4.79 Å². The van der Waals surface area contributed by atoms with E-state index in [1.54, 1.807) is 0 Å². The summed E-state index contributed by atoms with van der Waals surface area (Å²) in [5.74, 6) is -0.0419. The lowest BCUT2D eigenvalue weighted by Gasteiger charge is -2.25. The molecule has 4 nitrogen and oxygen atoms in total. The molecular weight excluding hydrogens is 377 g/mol. The third-order valence-corrected chi connectivity index (χ3v) is 4.53. The van der Waals surface area contributed by atoms with Gasteiger partial charge in [-0.25, -0.2) is 0 Å². The second kappa shape index (κ2) is 6.62. The summed E-state index contributed by atoms with van der Waals surface area (Å²) in [6, 6.07) is 12.1. The molecule has 110 valence electrons. The molecule has 0 aliphatic carbocycles. The van der Waals surface area contributed by atoms with Crippen LogP contribution in [-0.2, 0) is 0 Å². The highest BCUT2D eigenvalue weighted by Gasteiger charge is 2.19. The highest BCUT2D eigenvalue weighted by molar-refractivity contribution is 14.1. The Morgan fingerprint density at radius 1 is 1.19 bits per heavy atom. The third-order valence-electron chi connectivity index (χ3n) is 3.82. The number of carbonyl (C=O) groups excluding carboxylic acids is 1. The average molecular weight is 395 g/mol. The zero-order valence-electron chi connectivity index (χ0n) is 11.7. The number of nitrogens with one attached hydrogen (secondary N) is 2. The molecule has 0 atom stereocenters. The Balaban J connectivity index is 1.75. The van der Waals surface area contributed by atoms with Crippen LogP contribution in [-0.4, -0.2) is 23.6 Å². The first-order valence-electron chi connectivity index (χ1n) is 7.18. The molecule has 5 heteroatoms. The number of benzene rings is 1. The predicted octanol–water partition coefficient (Wildman–Crippen LogP) is 3.27. The molecule has 3 rings (SSSR count). The fraction of sp³-hybridized carbons (Fsp3) is 0.312. The summed E-state index contributed by atoms with van der Waals surface area (Å²) in [6.07, 6.45) is 4.15. The second-order valence-electron chi connectivity index (χ2n) is 5.24. The summed E-state index contributed by atoms with van der Waals surface area (Å²) in [5.41, 5.74) is 1.57. The summed E-state index contributed by atoms with van der Waals surface area (Å²) in [6.45, 7) is 2.03.